The van der Waals surface area contributed by atoms with Crippen LogP contribution in [0.3, 0.4) is 0 Å². The number of aliphatic hydroxyl groups excluding tert-OH is 1. The molecule has 0 bridgehead atoms. The van der Waals surface area contributed by atoms with Gasteiger partial charge in [-0.25, -0.2) is 0 Å². The molecule has 1 nitrogen and oxygen atoms in total. The van der Waals surface area contributed by atoms with E-state index in [4.69, 9.17) is 0 Å². The number of hydrogen-bond acceptors (Lipinski definition) is 3. The summed E-state index contributed by atoms with van der Waals surface area (Å²) in [6.45, 7) is 0. The second kappa shape index (κ2) is 6.51. The Morgan fingerprint density at radius 3 is 2.35 bits per heavy atom. The van der Waals surface area contributed by atoms with Crippen molar-refractivity contribution in [3.63, 3.8) is 0 Å². The van der Waals surface area contributed by atoms with Gasteiger partial charge in [0.2, 0.25) is 0 Å². The zero-order valence-corrected chi connectivity index (χ0v) is 13.2. The summed E-state index contributed by atoms with van der Waals surface area (Å²) < 4.78 is 37.6. The van der Waals surface area contributed by atoms with Crippen molar-refractivity contribution in [1.82, 2.24) is 0 Å². The smallest absolute Gasteiger partial charge is 0.388 e. The van der Waals surface area contributed by atoms with Gasteiger partial charge in [-0.15, -0.1) is 11.3 Å². The van der Waals surface area contributed by atoms with E-state index >= 15 is 0 Å². The highest BCUT2D eigenvalue weighted by atomic mass is 79.9. The number of halogens is 4. The molecule has 0 saturated carbocycles. The number of hydrogen-bond donors (Lipinski definition) is 1. The fourth-order valence-corrected chi connectivity index (χ4v) is 3.75. The Kier molecular flexibility index (Phi) is 5.17. The first-order valence-corrected chi connectivity index (χ1v) is 8.10. The Bertz CT molecular complexity index is 566. The first-order valence-electron chi connectivity index (χ1n) is 5.61. The minimum Gasteiger partial charge on any atom is -0.388 e. The Balaban J connectivity index is 2.04. The van der Waals surface area contributed by atoms with Crippen molar-refractivity contribution < 1.29 is 18.3 Å². The third-order valence-corrected chi connectivity index (χ3v) is 5.26. The standard InChI is InChI=1S/C13H10BrF3OS2/c14-10-5-6-19-12(10)7-11(18)8-1-3-9(4-2-8)20-13(15,16)17/h1-6,11,18H,7H2. The Morgan fingerprint density at radius 1 is 1.20 bits per heavy atom. The predicted octanol–water partition coefficient (Wildman–Crippen LogP) is 5.40. The minimum atomic E-state index is -4.29. The van der Waals surface area contributed by atoms with E-state index in [-0.39, 0.29) is 16.7 Å². The third-order valence-electron chi connectivity index (χ3n) is 2.57. The van der Waals surface area contributed by atoms with Gasteiger partial charge in [-0.05, 0) is 56.8 Å². The van der Waals surface area contributed by atoms with E-state index in [1.54, 1.807) is 0 Å². The molecule has 0 aliphatic carbocycles. The Morgan fingerprint density at radius 2 is 1.85 bits per heavy atom. The fraction of sp³-hybridized carbons (Fsp3) is 0.231. The molecule has 0 amide bonds. The van der Waals surface area contributed by atoms with Crippen LogP contribution in [0, 0.1) is 0 Å². The van der Waals surface area contributed by atoms with Crippen LogP contribution in [0.4, 0.5) is 13.2 Å². The van der Waals surface area contributed by atoms with Crippen molar-refractivity contribution in [1.29, 1.82) is 0 Å². The van der Waals surface area contributed by atoms with Crippen LogP contribution in [-0.2, 0) is 6.42 Å². The van der Waals surface area contributed by atoms with Crippen molar-refractivity contribution in [3.8, 4) is 0 Å². The molecule has 1 atom stereocenters. The van der Waals surface area contributed by atoms with Gasteiger partial charge in [0.15, 0.2) is 0 Å². The molecule has 1 unspecified atom stereocenters. The van der Waals surface area contributed by atoms with Crippen LogP contribution in [0.2, 0.25) is 0 Å². The van der Waals surface area contributed by atoms with Gasteiger partial charge >= 0.3 is 5.51 Å². The quantitative estimate of drug-likeness (QED) is 0.714. The van der Waals surface area contributed by atoms with Crippen molar-refractivity contribution in [3.05, 3.63) is 50.6 Å². The number of aliphatic hydroxyl groups is 1. The molecule has 2 aromatic rings. The van der Waals surface area contributed by atoms with Crippen molar-refractivity contribution in [2.75, 3.05) is 0 Å². The molecule has 20 heavy (non-hydrogen) atoms. The highest BCUT2D eigenvalue weighted by molar-refractivity contribution is 9.10. The van der Waals surface area contributed by atoms with Crippen molar-refractivity contribution >= 4 is 39.0 Å². The van der Waals surface area contributed by atoms with E-state index < -0.39 is 11.6 Å². The van der Waals surface area contributed by atoms with Crippen molar-refractivity contribution in [2.24, 2.45) is 0 Å². The van der Waals surface area contributed by atoms with E-state index in [0.29, 0.717) is 12.0 Å². The van der Waals surface area contributed by atoms with Gasteiger partial charge in [0.05, 0.1) is 6.10 Å². The summed E-state index contributed by atoms with van der Waals surface area (Å²) in [5.41, 5.74) is -3.68. The molecule has 0 radical (unpaired) electrons. The minimum absolute atomic E-state index is 0.116. The van der Waals surface area contributed by atoms with Gasteiger partial charge < -0.3 is 5.11 Å². The fourth-order valence-electron chi connectivity index (χ4n) is 1.66. The van der Waals surface area contributed by atoms with Gasteiger partial charge in [-0.3, -0.25) is 0 Å². The molecule has 7 heteroatoms. The average Bonchev–Trinajstić information content (AvgIpc) is 2.74. The number of thioether (sulfide) groups is 1. The lowest BCUT2D eigenvalue weighted by Gasteiger charge is -2.11. The topological polar surface area (TPSA) is 20.2 Å². The molecule has 0 fully saturated rings. The second-order valence-electron chi connectivity index (χ2n) is 4.03. The molecule has 0 aliphatic heterocycles. The molecular formula is C13H10BrF3OS2. The first-order chi connectivity index (χ1) is 9.35. The second-order valence-corrected chi connectivity index (χ2v) is 7.02. The summed E-state index contributed by atoms with van der Waals surface area (Å²) in [4.78, 5) is 1.12. The maximum absolute atomic E-state index is 12.2. The van der Waals surface area contributed by atoms with Crippen LogP contribution in [0.15, 0.2) is 45.1 Å². The third kappa shape index (κ3) is 4.51. The highest BCUT2D eigenvalue weighted by Crippen LogP contribution is 2.37. The Hall–Kier alpha value is -0.500. The predicted molar refractivity (Wildman–Crippen MR) is 79.0 cm³/mol. The monoisotopic (exact) mass is 382 g/mol. The summed E-state index contributed by atoms with van der Waals surface area (Å²) >= 11 is 4.75. The average molecular weight is 383 g/mol. The number of alkyl halides is 3. The van der Waals surface area contributed by atoms with Crippen LogP contribution >= 0.6 is 39.0 Å². The summed E-state index contributed by atoms with van der Waals surface area (Å²) in [7, 11) is 0. The van der Waals surface area contributed by atoms with E-state index in [2.05, 4.69) is 15.9 Å². The van der Waals surface area contributed by atoms with Crippen LogP contribution in [0.1, 0.15) is 16.5 Å². The summed E-state index contributed by atoms with van der Waals surface area (Å²) in [5.74, 6) is 0. The maximum Gasteiger partial charge on any atom is 0.446 e. The molecule has 108 valence electrons. The van der Waals surface area contributed by atoms with E-state index in [1.165, 1.54) is 35.6 Å². The molecular weight excluding hydrogens is 373 g/mol. The molecule has 1 aromatic carbocycles. The lowest BCUT2D eigenvalue weighted by atomic mass is 10.1. The first kappa shape index (κ1) is 15.9. The van der Waals surface area contributed by atoms with Gasteiger partial charge in [-0.2, -0.15) is 13.2 Å². The normalized spacial score (nSPS) is 13.4. The van der Waals surface area contributed by atoms with Crippen LogP contribution in [0.5, 0.6) is 0 Å². The molecule has 0 spiro atoms. The highest BCUT2D eigenvalue weighted by Gasteiger charge is 2.29. The lowest BCUT2D eigenvalue weighted by molar-refractivity contribution is -0.0328. The zero-order chi connectivity index (χ0) is 14.8. The molecule has 0 aliphatic rings. The largest absolute Gasteiger partial charge is 0.446 e. The van der Waals surface area contributed by atoms with Crippen molar-refractivity contribution in [2.45, 2.75) is 22.9 Å². The molecule has 1 heterocycles. The molecule has 2 rings (SSSR count). The summed E-state index contributed by atoms with van der Waals surface area (Å²) in [6, 6.07) is 7.71. The van der Waals surface area contributed by atoms with Gasteiger partial charge in [-0.1, -0.05) is 12.1 Å². The van der Waals surface area contributed by atoms with E-state index in [0.717, 1.165) is 9.35 Å². The summed E-state index contributed by atoms with van der Waals surface area (Å²) in [6.07, 6.45) is -0.292. The van der Waals surface area contributed by atoms with Gasteiger partial charge in [0, 0.05) is 20.7 Å². The van der Waals surface area contributed by atoms with Crippen LogP contribution < -0.4 is 0 Å². The van der Waals surface area contributed by atoms with E-state index in [9.17, 15) is 18.3 Å². The Labute approximate surface area is 131 Å². The zero-order valence-electron chi connectivity index (χ0n) is 10.0. The van der Waals surface area contributed by atoms with Gasteiger partial charge in [0.1, 0.15) is 0 Å². The number of rotatable bonds is 4. The summed E-state index contributed by atoms with van der Waals surface area (Å²) in [5, 5.41) is 12.0. The van der Waals surface area contributed by atoms with Crippen LogP contribution in [0.25, 0.3) is 0 Å². The molecule has 0 saturated heterocycles. The maximum atomic E-state index is 12.2. The lowest BCUT2D eigenvalue weighted by Crippen LogP contribution is -2.02. The number of benzene rings is 1. The molecule has 1 aromatic heterocycles. The SMILES string of the molecule is OC(Cc1sccc1Br)c1ccc(SC(F)(F)F)cc1. The van der Waals surface area contributed by atoms with Crippen LogP contribution in [-0.4, -0.2) is 10.6 Å². The van der Waals surface area contributed by atoms with E-state index in [1.807, 2.05) is 11.4 Å². The molecule has 1 N–H and O–H groups in total. The van der Waals surface area contributed by atoms with Gasteiger partial charge in [0.25, 0.3) is 0 Å². The number of thiophene rings is 1.